The predicted molar refractivity (Wildman–Crippen MR) is 81.7 cm³/mol. The van der Waals surface area contributed by atoms with Crippen LogP contribution in [0.5, 0.6) is 0 Å². The summed E-state index contributed by atoms with van der Waals surface area (Å²) in [7, 11) is -3.72. The number of aliphatic hydroxyl groups excluding tert-OH is 1. The normalized spacial score (nSPS) is 19.6. The molecule has 0 aliphatic carbocycles. The minimum Gasteiger partial charge on any atom is -0.396 e. The van der Waals surface area contributed by atoms with Crippen LogP contribution in [0.15, 0.2) is 21.5 Å². The van der Waals surface area contributed by atoms with E-state index in [9.17, 15) is 17.9 Å². The van der Waals surface area contributed by atoms with Gasteiger partial charge in [0, 0.05) is 17.6 Å². The van der Waals surface area contributed by atoms with Crippen LogP contribution in [0, 0.1) is 11.7 Å². The number of nitrogens with zero attached hydrogens (tertiary/aromatic N) is 1. The summed E-state index contributed by atoms with van der Waals surface area (Å²) in [5.74, 6) is -0.549. The van der Waals surface area contributed by atoms with E-state index < -0.39 is 21.9 Å². The summed E-state index contributed by atoms with van der Waals surface area (Å²) in [5.41, 5.74) is 5.27. The molecule has 0 saturated carbocycles. The van der Waals surface area contributed by atoms with Crippen LogP contribution in [0.2, 0.25) is 0 Å². The number of nitrogens with two attached hydrogens (primary N) is 1. The molecular weight excluding hydrogens is 363 g/mol. The average Bonchev–Trinajstić information content (AvgIpc) is 2.42. The van der Waals surface area contributed by atoms with Crippen molar-refractivity contribution in [1.82, 2.24) is 4.31 Å². The molecule has 1 aliphatic heterocycles. The molecule has 1 fully saturated rings. The molecule has 1 atom stereocenters. The summed E-state index contributed by atoms with van der Waals surface area (Å²) in [4.78, 5) is -0.0307. The lowest BCUT2D eigenvalue weighted by Gasteiger charge is -2.32. The van der Waals surface area contributed by atoms with Crippen LogP contribution >= 0.6 is 15.9 Å². The predicted octanol–water partition coefficient (Wildman–Crippen LogP) is 1.95. The Bertz CT molecular complexity index is 629. The summed E-state index contributed by atoms with van der Waals surface area (Å²) in [6.45, 7) is 2.38. The van der Waals surface area contributed by atoms with Gasteiger partial charge in [0.25, 0.3) is 0 Å². The Morgan fingerprint density at radius 3 is 2.52 bits per heavy atom. The van der Waals surface area contributed by atoms with E-state index in [1.807, 2.05) is 0 Å². The number of halogens is 2. The van der Waals surface area contributed by atoms with Crippen LogP contribution in [-0.4, -0.2) is 37.0 Å². The number of anilines is 1. The second kappa shape index (κ2) is 6.20. The molecule has 1 unspecified atom stereocenters. The zero-order chi connectivity index (χ0) is 15.8. The Morgan fingerprint density at radius 2 is 2.00 bits per heavy atom. The van der Waals surface area contributed by atoms with Gasteiger partial charge in [-0.1, -0.05) is 0 Å². The molecule has 8 heteroatoms. The first-order chi connectivity index (χ1) is 9.73. The lowest BCUT2D eigenvalue weighted by atomic mass is 9.93. The van der Waals surface area contributed by atoms with Crippen molar-refractivity contribution >= 4 is 31.6 Å². The van der Waals surface area contributed by atoms with Crippen LogP contribution in [-0.2, 0) is 10.0 Å². The number of nitrogen functional groups attached to an aromatic ring is 1. The number of rotatable bonds is 3. The number of hydrogen-bond donors (Lipinski definition) is 2. The van der Waals surface area contributed by atoms with E-state index in [2.05, 4.69) is 15.9 Å². The van der Waals surface area contributed by atoms with Crippen molar-refractivity contribution in [3.8, 4) is 0 Å². The van der Waals surface area contributed by atoms with Gasteiger partial charge < -0.3 is 10.8 Å². The summed E-state index contributed by atoms with van der Waals surface area (Å²) in [6, 6.07) is 2.19. The summed E-state index contributed by atoms with van der Waals surface area (Å²) >= 11 is 3.08. The summed E-state index contributed by atoms with van der Waals surface area (Å²) < 4.78 is 40.1. The van der Waals surface area contributed by atoms with Gasteiger partial charge in [-0.05, 0) is 53.7 Å². The Kier molecular flexibility index (Phi) is 4.92. The van der Waals surface area contributed by atoms with E-state index in [0.717, 1.165) is 12.1 Å². The molecule has 1 aromatic rings. The first-order valence-corrected chi connectivity index (χ1v) is 8.89. The Labute approximate surface area is 132 Å². The fourth-order valence-corrected chi connectivity index (χ4v) is 4.96. The number of hydrogen-bond acceptors (Lipinski definition) is 4. The van der Waals surface area contributed by atoms with E-state index in [1.54, 1.807) is 6.92 Å². The molecule has 5 nitrogen and oxygen atoms in total. The van der Waals surface area contributed by atoms with Crippen molar-refractivity contribution < 1.29 is 17.9 Å². The maximum Gasteiger partial charge on any atom is 0.244 e. The Morgan fingerprint density at radius 1 is 1.43 bits per heavy atom. The summed E-state index contributed by atoms with van der Waals surface area (Å²) in [6.07, 6.45) is 0.763. The molecule has 1 heterocycles. The van der Waals surface area contributed by atoms with Crippen LogP contribution in [0.4, 0.5) is 10.1 Å². The van der Waals surface area contributed by atoms with Gasteiger partial charge in [-0.3, -0.25) is 0 Å². The highest BCUT2D eigenvalue weighted by Crippen LogP contribution is 2.31. The minimum absolute atomic E-state index is 0.0307. The van der Waals surface area contributed by atoms with Crippen LogP contribution in [0.1, 0.15) is 19.8 Å². The van der Waals surface area contributed by atoms with E-state index >= 15 is 0 Å². The fraction of sp³-hybridized carbons (Fsp3) is 0.538. The van der Waals surface area contributed by atoms with Gasteiger partial charge in [0.2, 0.25) is 10.0 Å². The minimum atomic E-state index is -3.72. The molecule has 1 saturated heterocycles. The van der Waals surface area contributed by atoms with Gasteiger partial charge in [-0.2, -0.15) is 4.31 Å². The van der Waals surface area contributed by atoms with Crippen LogP contribution in [0.3, 0.4) is 0 Å². The second-order valence-corrected chi connectivity index (χ2v) is 8.05. The number of sulfonamides is 1. The fourth-order valence-electron chi connectivity index (χ4n) is 2.48. The number of piperidine rings is 1. The average molecular weight is 381 g/mol. The molecule has 0 aromatic heterocycles. The quantitative estimate of drug-likeness (QED) is 0.784. The molecule has 118 valence electrons. The third-order valence-corrected chi connectivity index (χ3v) is 6.71. The lowest BCUT2D eigenvalue weighted by Crippen LogP contribution is -2.40. The third kappa shape index (κ3) is 3.39. The highest BCUT2D eigenvalue weighted by atomic mass is 79.9. The van der Waals surface area contributed by atoms with Gasteiger partial charge in [-0.25, -0.2) is 12.8 Å². The first kappa shape index (κ1) is 16.7. The van der Waals surface area contributed by atoms with Crippen molar-refractivity contribution in [2.45, 2.75) is 30.8 Å². The highest BCUT2D eigenvalue weighted by molar-refractivity contribution is 9.10. The van der Waals surface area contributed by atoms with Gasteiger partial charge in [0.1, 0.15) is 5.82 Å². The van der Waals surface area contributed by atoms with Crippen LogP contribution < -0.4 is 5.73 Å². The molecule has 21 heavy (non-hydrogen) atoms. The SMILES string of the molecule is CC(O)C1CCN(S(=O)(=O)c2cc(N)c(F)cc2Br)CC1. The first-order valence-electron chi connectivity index (χ1n) is 6.66. The van der Waals surface area contributed by atoms with Crippen molar-refractivity contribution in [3.05, 3.63) is 22.4 Å². The lowest BCUT2D eigenvalue weighted by molar-refractivity contribution is 0.0912. The monoisotopic (exact) mass is 380 g/mol. The summed E-state index contributed by atoms with van der Waals surface area (Å²) in [5, 5.41) is 9.56. The third-order valence-electron chi connectivity index (χ3n) is 3.85. The van der Waals surface area contributed by atoms with E-state index in [-0.39, 0.29) is 21.0 Å². The Hall–Kier alpha value is -0.700. The molecular formula is C13H18BrFN2O3S. The molecule has 0 bridgehead atoms. The van der Waals surface area contributed by atoms with Gasteiger partial charge in [-0.15, -0.1) is 0 Å². The zero-order valence-electron chi connectivity index (χ0n) is 11.6. The van der Waals surface area contributed by atoms with E-state index in [0.29, 0.717) is 25.9 Å². The van der Waals surface area contributed by atoms with Crippen molar-refractivity contribution in [1.29, 1.82) is 0 Å². The molecule has 3 N–H and O–H groups in total. The molecule has 0 spiro atoms. The number of aliphatic hydroxyl groups is 1. The highest BCUT2D eigenvalue weighted by Gasteiger charge is 2.32. The topological polar surface area (TPSA) is 83.6 Å². The molecule has 1 aliphatic rings. The van der Waals surface area contributed by atoms with Gasteiger partial charge in [0.15, 0.2) is 0 Å². The largest absolute Gasteiger partial charge is 0.396 e. The maximum absolute atomic E-state index is 13.3. The second-order valence-electron chi connectivity index (χ2n) is 5.29. The molecule has 2 rings (SSSR count). The molecule has 1 aromatic carbocycles. The standard InChI is InChI=1S/C13H18BrFN2O3S/c1-8(18)9-2-4-17(5-3-9)21(19,20)13-7-12(16)11(15)6-10(13)14/h6-9,18H,2-5,16H2,1H3. The van der Waals surface area contributed by atoms with Crippen LogP contribution in [0.25, 0.3) is 0 Å². The van der Waals surface area contributed by atoms with Gasteiger partial charge >= 0.3 is 0 Å². The van der Waals surface area contributed by atoms with E-state index in [4.69, 9.17) is 5.73 Å². The Balaban J connectivity index is 2.26. The van der Waals surface area contributed by atoms with Crippen molar-refractivity contribution in [2.75, 3.05) is 18.8 Å². The zero-order valence-corrected chi connectivity index (χ0v) is 14.0. The number of benzene rings is 1. The maximum atomic E-state index is 13.3. The molecule has 0 radical (unpaired) electrons. The molecule has 0 amide bonds. The van der Waals surface area contributed by atoms with Crippen molar-refractivity contribution in [3.63, 3.8) is 0 Å². The van der Waals surface area contributed by atoms with Crippen molar-refractivity contribution in [2.24, 2.45) is 5.92 Å². The smallest absolute Gasteiger partial charge is 0.244 e. The van der Waals surface area contributed by atoms with E-state index in [1.165, 1.54) is 4.31 Å². The van der Waals surface area contributed by atoms with Gasteiger partial charge in [0.05, 0.1) is 16.7 Å².